The highest BCUT2D eigenvalue weighted by Crippen LogP contribution is 2.49. The molecule has 7 heteroatoms. The molecule has 0 atom stereocenters. The van der Waals surface area contributed by atoms with Crippen LogP contribution in [0.15, 0.2) is 30.3 Å². The van der Waals surface area contributed by atoms with Crippen molar-refractivity contribution in [1.29, 1.82) is 0 Å². The second kappa shape index (κ2) is 8.91. The molecule has 0 bridgehead atoms. The summed E-state index contributed by atoms with van der Waals surface area (Å²) in [7, 11) is 4.36. The van der Waals surface area contributed by atoms with Crippen LogP contribution in [0.4, 0.5) is 4.79 Å². The van der Waals surface area contributed by atoms with Crippen LogP contribution in [-0.4, -0.2) is 97.1 Å². The van der Waals surface area contributed by atoms with Crippen LogP contribution in [0, 0.1) is 5.92 Å². The number of urea groups is 1. The van der Waals surface area contributed by atoms with Gasteiger partial charge in [0.15, 0.2) is 0 Å². The summed E-state index contributed by atoms with van der Waals surface area (Å²) in [6.45, 7) is 4.14. The highest BCUT2D eigenvalue weighted by molar-refractivity contribution is 5.86. The van der Waals surface area contributed by atoms with Crippen LogP contribution in [0.1, 0.15) is 44.1 Å². The van der Waals surface area contributed by atoms with E-state index in [1.54, 1.807) is 0 Å². The Hall–Kier alpha value is -2.12. The molecule has 3 amide bonds. The van der Waals surface area contributed by atoms with Crippen molar-refractivity contribution in [3.8, 4) is 0 Å². The maximum Gasteiger partial charge on any atom is 0.321 e. The van der Waals surface area contributed by atoms with Gasteiger partial charge in [0, 0.05) is 31.7 Å². The largest absolute Gasteiger partial charge is 0.378 e. The maximum atomic E-state index is 13.6. The third-order valence-electron chi connectivity index (χ3n) is 8.56. The van der Waals surface area contributed by atoms with Gasteiger partial charge in [-0.3, -0.25) is 9.69 Å². The first-order valence-electron chi connectivity index (χ1n) is 12.6. The van der Waals surface area contributed by atoms with Crippen LogP contribution < -0.4 is 0 Å². The van der Waals surface area contributed by atoms with E-state index in [0.29, 0.717) is 38.8 Å². The van der Waals surface area contributed by atoms with Gasteiger partial charge in [0.2, 0.25) is 5.91 Å². The minimum absolute atomic E-state index is 0.00213. The molecule has 0 unspecified atom stereocenters. The summed E-state index contributed by atoms with van der Waals surface area (Å²) in [4.78, 5) is 34.7. The number of nitrogens with zero attached hydrogens (tertiary/aromatic N) is 4. The SMILES string of the molecule is CN(C)[C@]1(c2ccccc2)CC[C@@]2(CC1)CN(CC(=O)N1CCOCC1)C(=O)N2CC1CC1. The Morgan fingerprint density at radius 1 is 1.06 bits per heavy atom. The van der Waals surface area contributed by atoms with Crippen molar-refractivity contribution < 1.29 is 14.3 Å². The molecule has 4 aliphatic rings. The molecule has 1 aromatic carbocycles. The zero-order valence-electron chi connectivity index (χ0n) is 20.2. The van der Waals surface area contributed by atoms with Crippen LogP contribution in [0.25, 0.3) is 0 Å². The minimum atomic E-state index is -0.154. The number of hydrogen-bond donors (Lipinski definition) is 0. The van der Waals surface area contributed by atoms with E-state index < -0.39 is 0 Å². The van der Waals surface area contributed by atoms with E-state index in [4.69, 9.17) is 4.74 Å². The Morgan fingerprint density at radius 3 is 2.33 bits per heavy atom. The number of carbonyl (C=O) groups excluding carboxylic acids is 2. The van der Waals surface area contributed by atoms with E-state index in [1.807, 2.05) is 9.80 Å². The van der Waals surface area contributed by atoms with Gasteiger partial charge < -0.3 is 19.4 Å². The van der Waals surface area contributed by atoms with E-state index in [9.17, 15) is 9.59 Å². The molecular formula is C26H38N4O3. The Bertz CT molecular complexity index is 856. The lowest BCUT2D eigenvalue weighted by molar-refractivity contribution is -0.135. The van der Waals surface area contributed by atoms with E-state index in [2.05, 4.69) is 54.2 Å². The number of benzene rings is 1. The number of rotatable bonds is 6. The predicted octanol–water partition coefficient (Wildman–Crippen LogP) is 2.76. The number of amides is 3. The first-order valence-corrected chi connectivity index (χ1v) is 12.6. The lowest BCUT2D eigenvalue weighted by Crippen LogP contribution is -2.55. The highest BCUT2D eigenvalue weighted by atomic mass is 16.5. The van der Waals surface area contributed by atoms with E-state index in [-0.39, 0.29) is 29.6 Å². The third-order valence-corrected chi connectivity index (χ3v) is 8.56. The van der Waals surface area contributed by atoms with Gasteiger partial charge in [0.25, 0.3) is 0 Å². The molecule has 4 fully saturated rings. The van der Waals surface area contributed by atoms with Crippen LogP contribution in [-0.2, 0) is 15.1 Å². The zero-order chi connectivity index (χ0) is 23.1. The molecule has 1 spiro atoms. The first kappa shape index (κ1) is 22.7. The molecule has 0 aromatic heterocycles. The molecule has 1 aromatic rings. The lowest BCUT2D eigenvalue weighted by Gasteiger charge is -2.51. The summed E-state index contributed by atoms with van der Waals surface area (Å²) in [6, 6.07) is 10.9. The first-order chi connectivity index (χ1) is 15.9. The van der Waals surface area contributed by atoms with Gasteiger partial charge in [-0.2, -0.15) is 0 Å². The van der Waals surface area contributed by atoms with Gasteiger partial charge in [0.1, 0.15) is 6.54 Å². The van der Waals surface area contributed by atoms with Gasteiger partial charge in [-0.25, -0.2) is 4.79 Å². The monoisotopic (exact) mass is 454 g/mol. The Balaban J connectivity index is 1.34. The van der Waals surface area contributed by atoms with Crippen molar-refractivity contribution in [3.63, 3.8) is 0 Å². The van der Waals surface area contributed by atoms with E-state index in [0.717, 1.165) is 32.2 Å². The summed E-state index contributed by atoms with van der Waals surface area (Å²) >= 11 is 0. The van der Waals surface area contributed by atoms with Crippen molar-refractivity contribution in [2.75, 3.05) is 60.0 Å². The molecule has 5 rings (SSSR count). The summed E-state index contributed by atoms with van der Waals surface area (Å²) in [6.07, 6.45) is 6.42. The topological polar surface area (TPSA) is 56.3 Å². The third kappa shape index (κ3) is 4.26. The molecule has 33 heavy (non-hydrogen) atoms. The van der Waals surface area contributed by atoms with Crippen molar-refractivity contribution in [2.24, 2.45) is 5.92 Å². The summed E-state index contributed by atoms with van der Waals surface area (Å²) in [5.74, 6) is 0.688. The predicted molar refractivity (Wildman–Crippen MR) is 127 cm³/mol. The molecular weight excluding hydrogens is 416 g/mol. The van der Waals surface area contributed by atoms with E-state index >= 15 is 0 Å². The Morgan fingerprint density at radius 2 is 1.73 bits per heavy atom. The standard InChI is InChI=1S/C26H38N4O3/c1-27(2)26(22-6-4-3-5-7-22)12-10-25(11-13-26)20-29(24(32)30(25)18-21-8-9-21)19-23(31)28-14-16-33-17-15-28/h3-7,21H,8-20H2,1-2H3/t25-,26-. The van der Waals surface area contributed by atoms with Crippen LogP contribution in [0.3, 0.4) is 0 Å². The molecule has 2 heterocycles. The average Bonchev–Trinajstić information content (AvgIpc) is 3.63. The average molecular weight is 455 g/mol. The molecule has 2 aliphatic heterocycles. The molecule has 2 aliphatic carbocycles. The van der Waals surface area contributed by atoms with Crippen molar-refractivity contribution in [2.45, 2.75) is 49.6 Å². The summed E-state index contributed by atoms with van der Waals surface area (Å²) < 4.78 is 5.39. The molecule has 2 saturated carbocycles. The molecule has 2 saturated heterocycles. The van der Waals surface area contributed by atoms with Crippen molar-refractivity contribution in [1.82, 2.24) is 19.6 Å². The number of carbonyl (C=O) groups is 2. The van der Waals surface area contributed by atoms with Gasteiger partial charge in [-0.1, -0.05) is 30.3 Å². The fourth-order valence-electron chi connectivity index (χ4n) is 6.21. The molecule has 0 N–H and O–H groups in total. The van der Waals surface area contributed by atoms with Crippen molar-refractivity contribution >= 4 is 11.9 Å². The lowest BCUT2D eigenvalue weighted by atomic mass is 9.68. The summed E-state index contributed by atoms with van der Waals surface area (Å²) in [5.41, 5.74) is 1.21. The zero-order valence-corrected chi connectivity index (χ0v) is 20.2. The van der Waals surface area contributed by atoms with Crippen LogP contribution >= 0.6 is 0 Å². The van der Waals surface area contributed by atoms with Crippen LogP contribution in [0.5, 0.6) is 0 Å². The van der Waals surface area contributed by atoms with Gasteiger partial charge in [-0.05, 0) is 64.1 Å². The molecule has 180 valence electrons. The van der Waals surface area contributed by atoms with Gasteiger partial charge >= 0.3 is 6.03 Å². The molecule has 0 radical (unpaired) electrons. The van der Waals surface area contributed by atoms with Gasteiger partial charge in [-0.15, -0.1) is 0 Å². The highest BCUT2D eigenvalue weighted by Gasteiger charge is 2.55. The Labute approximate surface area is 197 Å². The quantitative estimate of drug-likeness (QED) is 0.663. The van der Waals surface area contributed by atoms with E-state index in [1.165, 1.54) is 18.4 Å². The summed E-state index contributed by atoms with van der Waals surface area (Å²) in [5, 5.41) is 0. The number of morpholine rings is 1. The van der Waals surface area contributed by atoms with Crippen LogP contribution in [0.2, 0.25) is 0 Å². The van der Waals surface area contributed by atoms with Gasteiger partial charge in [0.05, 0.1) is 18.8 Å². The smallest absolute Gasteiger partial charge is 0.321 e. The fraction of sp³-hybridized carbons (Fsp3) is 0.692. The fourth-order valence-corrected chi connectivity index (χ4v) is 6.21. The molecule has 7 nitrogen and oxygen atoms in total. The number of hydrogen-bond acceptors (Lipinski definition) is 4. The second-order valence-corrected chi connectivity index (χ2v) is 10.7. The number of ether oxygens (including phenoxy) is 1. The van der Waals surface area contributed by atoms with Crippen molar-refractivity contribution in [3.05, 3.63) is 35.9 Å². The normalized spacial score (nSPS) is 30.5. The maximum absolute atomic E-state index is 13.6. The Kier molecular flexibility index (Phi) is 6.12. The second-order valence-electron chi connectivity index (χ2n) is 10.7. The minimum Gasteiger partial charge on any atom is -0.378 e.